The first-order valence-corrected chi connectivity index (χ1v) is 7.00. The molecule has 6 nitrogen and oxygen atoms in total. The van der Waals surface area contributed by atoms with Crippen LogP contribution in [0.5, 0.6) is 0 Å². The molecule has 0 atom stereocenters. The highest BCUT2D eigenvalue weighted by molar-refractivity contribution is 7.89. The summed E-state index contributed by atoms with van der Waals surface area (Å²) in [4.78, 5) is 10.3. The highest BCUT2D eigenvalue weighted by Gasteiger charge is 2.21. The van der Waals surface area contributed by atoms with E-state index in [0.29, 0.717) is 0 Å². The number of primary amides is 1. The van der Waals surface area contributed by atoms with E-state index < -0.39 is 15.9 Å². The van der Waals surface area contributed by atoms with Crippen molar-refractivity contribution < 1.29 is 13.2 Å². The number of rotatable bonds is 5. The van der Waals surface area contributed by atoms with Crippen LogP contribution in [0.25, 0.3) is 0 Å². The minimum absolute atomic E-state index is 0.0703. The van der Waals surface area contributed by atoms with Crippen LogP contribution in [0.4, 0.5) is 5.69 Å². The number of carbonyl (C=O) groups is 1. The van der Waals surface area contributed by atoms with Crippen molar-refractivity contribution in [3.8, 4) is 0 Å². The van der Waals surface area contributed by atoms with Gasteiger partial charge in [-0.05, 0) is 12.1 Å². The Hall–Kier alpha value is -1.02. The molecule has 9 heteroatoms. The first-order chi connectivity index (χ1) is 8.24. The molecular formula is C9H11Cl2N3O3S. The summed E-state index contributed by atoms with van der Waals surface area (Å²) in [5, 5.41) is 0.139. The fraction of sp³-hybridized carbons (Fsp3) is 0.222. The first-order valence-electron chi connectivity index (χ1n) is 4.76. The van der Waals surface area contributed by atoms with Crippen molar-refractivity contribution in [1.29, 1.82) is 0 Å². The van der Waals surface area contributed by atoms with Crippen LogP contribution in [0.2, 0.25) is 10.0 Å². The number of halogens is 2. The topological polar surface area (TPSA) is 115 Å². The number of sulfonamides is 1. The van der Waals surface area contributed by atoms with Crippen LogP contribution < -0.4 is 16.2 Å². The zero-order valence-electron chi connectivity index (χ0n) is 9.11. The smallest absolute Gasteiger partial charge is 0.244 e. The van der Waals surface area contributed by atoms with E-state index in [1.165, 1.54) is 12.1 Å². The van der Waals surface area contributed by atoms with Crippen LogP contribution in [0, 0.1) is 0 Å². The molecule has 0 aliphatic rings. The molecule has 0 radical (unpaired) electrons. The molecule has 0 aliphatic carbocycles. The van der Waals surface area contributed by atoms with Gasteiger partial charge in [0.1, 0.15) is 4.90 Å². The molecular weight excluding hydrogens is 301 g/mol. The van der Waals surface area contributed by atoms with E-state index >= 15 is 0 Å². The van der Waals surface area contributed by atoms with Gasteiger partial charge in [-0.3, -0.25) is 4.79 Å². The van der Waals surface area contributed by atoms with Crippen LogP contribution in [0.3, 0.4) is 0 Å². The molecule has 0 spiro atoms. The van der Waals surface area contributed by atoms with Gasteiger partial charge in [0.05, 0.1) is 10.7 Å². The third-order valence-electron chi connectivity index (χ3n) is 1.97. The Kier molecular flexibility index (Phi) is 4.80. The number of hydrogen-bond acceptors (Lipinski definition) is 4. The lowest BCUT2D eigenvalue weighted by Gasteiger charge is -2.10. The van der Waals surface area contributed by atoms with Crippen LogP contribution >= 0.6 is 23.2 Å². The number of benzene rings is 1. The lowest BCUT2D eigenvalue weighted by molar-refractivity contribution is -0.117. The molecule has 0 unspecified atom stereocenters. The van der Waals surface area contributed by atoms with Crippen LogP contribution in [-0.2, 0) is 14.8 Å². The number of nitrogen functional groups attached to an aromatic ring is 1. The molecule has 0 aliphatic heterocycles. The van der Waals surface area contributed by atoms with Gasteiger partial charge in [0.15, 0.2) is 0 Å². The van der Waals surface area contributed by atoms with Crippen molar-refractivity contribution in [2.45, 2.75) is 11.3 Å². The van der Waals surface area contributed by atoms with E-state index in [1.807, 2.05) is 0 Å². The standard InChI is InChI=1S/C9H11Cl2N3O3S/c10-5-3-6(11)9(7(12)4-5)18(16,17)14-2-1-8(13)15/h3-4,14H,1-2,12H2,(H2,13,15). The molecule has 0 heterocycles. The summed E-state index contributed by atoms with van der Waals surface area (Å²) in [6.07, 6.45) is -0.121. The van der Waals surface area contributed by atoms with Crippen molar-refractivity contribution in [1.82, 2.24) is 4.72 Å². The molecule has 5 N–H and O–H groups in total. The van der Waals surface area contributed by atoms with E-state index in [2.05, 4.69) is 4.72 Å². The van der Waals surface area contributed by atoms with Crippen molar-refractivity contribution in [2.75, 3.05) is 12.3 Å². The number of anilines is 1. The summed E-state index contributed by atoms with van der Waals surface area (Å²) < 4.78 is 26.0. The van der Waals surface area contributed by atoms with Crippen LogP contribution in [-0.4, -0.2) is 20.9 Å². The Morgan fingerprint density at radius 2 is 1.94 bits per heavy atom. The SMILES string of the molecule is NC(=O)CCNS(=O)(=O)c1c(N)cc(Cl)cc1Cl. The van der Waals surface area contributed by atoms with Crippen molar-refractivity contribution in [3.05, 3.63) is 22.2 Å². The van der Waals surface area contributed by atoms with E-state index in [0.717, 1.165) is 0 Å². The lowest BCUT2D eigenvalue weighted by Crippen LogP contribution is -2.28. The monoisotopic (exact) mass is 311 g/mol. The second-order valence-corrected chi connectivity index (χ2v) is 5.97. The summed E-state index contributed by atoms with van der Waals surface area (Å²) in [6, 6.07) is 2.54. The molecule has 0 saturated heterocycles. The highest BCUT2D eigenvalue weighted by atomic mass is 35.5. The Morgan fingerprint density at radius 1 is 1.33 bits per heavy atom. The number of nitrogens with two attached hydrogens (primary N) is 2. The molecule has 1 aromatic carbocycles. The second kappa shape index (κ2) is 5.75. The molecule has 100 valence electrons. The van der Waals surface area contributed by atoms with Crippen molar-refractivity contribution in [3.63, 3.8) is 0 Å². The van der Waals surface area contributed by atoms with Crippen LogP contribution in [0.15, 0.2) is 17.0 Å². The van der Waals surface area contributed by atoms with Gasteiger partial charge in [0.2, 0.25) is 15.9 Å². The van der Waals surface area contributed by atoms with Gasteiger partial charge in [-0.1, -0.05) is 23.2 Å². The fourth-order valence-corrected chi connectivity index (χ4v) is 3.26. The molecule has 0 fully saturated rings. The Morgan fingerprint density at radius 3 is 2.44 bits per heavy atom. The third-order valence-corrected chi connectivity index (χ3v) is 4.17. The molecule has 0 bridgehead atoms. The van der Waals surface area contributed by atoms with E-state index in [1.54, 1.807) is 0 Å². The van der Waals surface area contributed by atoms with Gasteiger partial charge in [-0.2, -0.15) is 0 Å². The summed E-state index contributed by atoms with van der Waals surface area (Å²) in [6.45, 7) is -0.129. The summed E-state index contributed by atoms with van der Waals surface area (Å²) in [5.74, 6) is -0.618. The Balaban J connectivity index is 3.02. The van der Waals surface area contributed by atoms with Gasteiger partial charge < -0.3 is 11.5 Å². The van der Waals surface area contributed by atoms with Gasteiger partial charge in [-0.25, -0.2) is 13.1 Å². The number of carbonyl (C=O) groups excluding carboxylic acids is 1. The molecule has 1 rings (SSSR count). The van der Waals surface area contributed by atoms with Crippen molar-refractivity contribution >= 4 is 44.8 Å². The second-order valence-electron chi connectivity index (χ2n) is 3.42. The van der Waals surface area contributed by atoms with Gasteiger partial charge in [-0.15, -0.1) is 0 Å². The maximum Gasteiger partial charge on any atom is 0.244 e. The quantitative estimate of drug-likeness (QED) is 0.695. The van der Waals surface area contributed by atoms with E-state index in [-0.39, 0.29) is 33.6 Å². The van der Waals surface area contributed by atoms with E-state index in [9.17, 15) is 13.2 Å². The first kappa shape index (κ1) is 15.0. The van der Waals surface area contributed by atoms with Crippen LogP contribution in [0.1, 0.15) is 6.42 Å². The maximum atomic E-state index is 11.9. The predicted molar refractivity (Wildman–Crippen MR) is 69.9 cm³/mol. The molecule has 0 aromatic heterocycles. The summed E-state index contributed by atoms with van der Waals surface area (Å²) in [7, 11) is -3.91. The molecule has 1 aromatic rings. The zero-order valence-corrected chi connectivity index (χ0v) is 11.4. The minimum Gasteiger partial charge on any atom is -0.398 e. The summed E-state index contributed by atoms with van der Waals surface area (Å²) >= 11 is 11.5. The average Bonchev–Trinajstić information content (AvgIpc) is 2.13. The minimum atomic E-state index is -3.91. The molecule has 1 amide bonds. The predicted octanol–water partition coefficient (Wildman–Crippen LogP) is 0.729. The number of nitrogens with one attached hydrogen (secondary N) is 1. The molecule has 18 heavy (non-hydrogen) atoms. The average molecular weight is 312 g/mol. The molecule has 0 saturated carbocycles. The highest BCUT2D eigenvalue weighted by Crippen LogP contribution is 2.30. The largest absolute Gasteiger partial charge is 0.398 e. The van der Waals surface area contributed by atoms with Gasteiger partial charge in [0.25, 0.3) is 0 Å². The van der Waals surface area contributed by atoms with Gasteiger partial charge >= 0.3 is 0 Å². The Labute approximate surface area is 114 Å². The Bertz CT molecular complexity index is 551. The maximum absolute atomic E-state index is 11.9. The van der Waals surface area contributed by atoms with E-state index in [4.69, 9.17) is 34.7 Å². The number of hydrogen-bond donors (Lipinski definition) is 3. The third kappa shape index (κ3) is 3.74. The summed E-state index contributed by atoms with van der Waals surface area (Å²) in [5.41, 5.74) is 10.4. The fourth-order valence-electron chi connectivity index (χ4n) is 1.24. The number of amides is 1. The lowest BCUT2D eigenvalue weighted by atomic mass is 10.3. The van der Waals surface area contributed by atoms with Gasteiger partial charge in [0, 0.05) is 18.0 Å². The van der Waals surface area contributed by atoms with Crippen molar-refractivity contribution in [2.24, 2.45) is 5.73 Å². The normalized spacial score (nSPS) is 11.4. The zero-order chi connectivity index (χ0) is 13.9.